The Morgan fingerprint density at radius 2 is 2.00 bits per heavy atom. The zero-order chi connectivity index (χ0) is 21.9. The van der Waals surface area contributed by atoms with E-state index in [0.29, 0.717) is 36.6 Å². The van der Waals surface area contributed by atoms with Crippen LogP contribution in [0.3, 0.4) is 0 Å². The van der Waals surface area contributed by atoms with E-state index in [-0.39, 0.29) is 34.9 Å². The lowest BCUT2D eigenvalue weighted by molar-refractivity contribution is -0.136. The maximum atomic E-state index is 13.4. The van der Waals surface area contributed by atoms with Gasteiger partial charge >= 0.3 is 16.7 Å². The molecular weight excluding hydrogens is 423 g/mol. The molecule has 0 bridgehead atoms. The molecule has 0 aliphatic heterocycles. The number of benzene rings is 1. The maximum absolute atomic E-state index is 13.4. The molecule has 30 heavy (non-hydrogen) atoms. The normalized spacial score (nSPS) is 11.9. The van der Waals surface area contributed by atoms with Gasteiger partial charge in [0.1, 0.15) is 11.3 Å². The summed E-state index contributed by atoms with van der Waals surface area (Å²) in [7, 11) is 0. The van der Waals surface area contributed by atoms with Gasteiger partial charge in [0.25, 0.3) is 0 Å². The molecule has 0 fully saturated rings. The summed E-state index contributed by atoms with van der Waals surface area (Å²) < 4.78 is 52.2. The fourth-order valence-corrected chi connectivity index (χ4v) is 3.80. The minimum atomic E-state index is -4.69. The number of ether oxygens (including phenoxy) is 1. The van der Waals surface area contributed by atoms with E-state index in [0.717, 1.165) is 17.8 Å². The quantitative estimate of drug-likeness (QED) is 0.408. The van der Waals surface area contributed by atoms with E-state index in [4.69, 9.17) is 9.15 Å². The SMILES string of the molecule is CCCCc1c(OCCCn2c(O)csc2=O)ccc2c(C(F)(F)F)cc(=O)oc12. The van der Waals surface area contributed by atoms with E-state index < -0.39 is 17.4 Å². The van der Waals surface area contributed by atoms with Crippen molar-refractivity contribution in [1.29, 1.82) is 0 Å². The average Bonchev–Trinajstić information content (AvgIpc) is 3.00. The lowest BCUT2D eigenvalue weighted by Gasteiger charge is -2.16. The number of alkyl halides is 3. The molecule has 3 aromatic rings. The first-order valence-electron chi connectivity index (χ1n) is 9.39. The van der Waals surface area contributed by atoms with Gasteiger partial charge in [-0.2, -0.15) is 13.2 Å². The summed E-state index contributed by atoms with van der Waals surface area (Å²) in [5.41, 5.74) is -1.82. The highest BCUT2D eigenvalue weighted by Gasteiger charge is 2.34. The van der Waals surface area contributed by atoms with E-state index >= 15 is 0 Å². The summed E-state index contributed by atoms with van der Waals surface area (Å²) in [4.78, 5) is 23.1. The monoisotopic (exact) mass is 443 g/mol. The highest BCUT2D eigenvalue weighted by Crippen LogP contribution is 2.37. The molecule has 3 rings (SSSR count). The second kappa shape index (κ2) is 8.95. The highest BCUT2D eigenvalue weighted by molar-refractivity contribution is 7.07. The second-order valence-electron chi connectivity index (χ2n) is 6.71. The minimum Gasteiger partial charge on any atom is -0.494 e. The molecule has 0 saturated carbocycles. The van der Waals surface area contributed by atoms with Crippen molar-refractivity contribution in [2.75, 3.05) is 6.61 Å². The molecule has 0 unspecified atom stereocenters. The molecule has 0 amide bonds. The van der Waals surface area contributed by atoms with Gasteiger partial charge < -0.3 is 14.3 Å². The standard InChI is InChI=1S/C20H20F3NO5S/c1-2-3-5-13-15(28-9-4-8-24-16(25)11-30-19(24)27)7-6-12-14(20(21,22)23)10-17(26)29-18(12)13/h6-7,10-11,25H,2-5,8-9H2,1H3. The predicted molar refractivity (Wildman–Crippen MR) is 106 cm³/mol. The van der Waals surface area contributed by atoms with Crippen LogP contribution in [-0.2, 0) is 19.1 Å². The fourth-order valence-electron chi connectivity index (χ4n) is 3.16. The summed E-state index contributed by atoms with van der Waals surface area (Å²) >= 11 is 0.886. The number of halogens is 3. The zero-order valence-electron chi connectivity index (χ0n) is 16.1. The van der Waals surface area contributed by atoms with Crippen molar-refractivity contribution in [3.8, 4) is 11.6 Å². The van der Waals surface area contributed by atoms with Crippen molar-refractivity contribution in [1.82, 2.24) is 4.57 Å². The Morgan fingerprint density at radius 3 is 2.63 bits per heavy atom. The van der Waals surface area contributed by atoms with Crippen LogP contribution in [0.4, 0.5) is 13.2 Å². The van der Waals surface area contributed by atoms with E-state index in [9.17, 15) is 27.9 Å². The molecule has 6 nitrogen and oxygen atoms in total. The van der Waals surface area contributed by atoms with Crippen LogP contribution in [0.15, 0.2) is 37.6 Å². The Labute approximate surface area is 173 Å². The number of hydrogen-bond acceptors (Lipinski definition) is 6. The molecule has 10 heteroatoms. The summed E-state index contributed by atoms with van der Waals surface area (Å²) in [6.07, 6.45) is -2.44. The number of aromatic hydroxyl groups is 1. The van der Waals surface area contributed by atoms with Gasteiger partial charge in [-0.05, 0) is 31.4 Å². The number of fused-ring (bicyclic) bond motifs is 1. The van der Waals surface area contributed by atoms with E-state index in [1.165, 1.54) is 22.1 Å². The highest BCUT2D eigenvalue weighted by atomic mass is 32.1. The Hall–Kier alpha value is -2.75. The van der Waals surface area contributed by atoms with E-state index in [2.05, 4.69) is 0 Å². The van der Waals surface area contributed by atoms with Crippen LogP contribution in [0.1, 0.15) is 37.3 Å². The molecule has 1 N–H and O–H groups in total. The Bertz CT molecular complexity index is 1150. The maximum Gasteiger partial charge on any atom is 0.417 e. The zero-order valence-corrected chi connectivity index (χ0v) is 16.9. The number of hydrogen-bond donors (Lipinski definition) is 1. The molecule has 162 valence electrons. The minimum absolute atomic E-state index is 0.118. The fraction of sp³-hybridized carbons (Fsp3) is 0.400. The van der Waals surface area contributed by atoms with Crippen LogP contribution in [0, 0.1) is 0 Å². The molecule has 0 spiro atoms. The van der Waals surface area contributed by atoms with Crippen LogP contribution in [0.25, 0.3) is 11.0 Å². The molecule has 2 aromatic heterocycles. The van der Waals surface area contributed by atoms with Crippen molar-refractivity contribution in [2.45, 2.75) is 45.3 Å². The van der Waals surface area contributed by atoms with Gasteiger partial charge in [-0.3, -0.25) is 9.36 Å². The molecule has 0 radical (unpaired) electrons. The summed E-state index contributed by atoms with van der Waals surface area (Å²) in [5.74, 6) is 0.209. The molecule has 0 aliphatic rings. The molecule has 0 aliphatic carbocycles. The van der Waals surface area contributed by atoms with Crippen LogP contribution in [0.2, 0.25) is 0 Å². The van der Waals surface area contributed by atoms with Gasteiger partial charge in [-0.25, -0.2) is 4.79 Å². The molecule has 0 saturated heterocycles. The number of rotatable bonds is 8. The lowest BCUT2D eigenvalue weighted by Crippen LogP contribution is -2.15. The first kappa shape index (κ1) is 21.9. The number of unbranched alkanes of at least 4 members (excludes halogenated alkanes) is 1. The summed E-state index contributed by atoms with van der Waals surface area (Å²) in [6, 6.07) is 3.13. The number of aromatic nitrogens is 1. The summed E-state index contributed by atoms with van der Waals surface area (Å²) in [6.45, 7) is 2.34. The number of thiazole rings is 1. The van der Waals surface area contributed by atoms with Gasteiger partial charge in [0, 0.05) is 23.6 Å². The van der Waals surface area contributed by atoms with Gasteiger partial charge in [-0.15, -0.1) is 0 Å². The van der Waals surface area contributed by atoms with Gasteiger partial charge in [0.2, 0.25) is 5.88 Å². The van der Waals surface area contributed by atoms with Crippen molar-refractivity contribution in [2.24, 2.45) is 0 Å². The second-order valence-corrected chi connectivity index (χ2v) is 7.53. The third-order valence-corrected chi connectivity index (χ3v) is 5.35. The van der Waals surface area contributed by atoms with Gasteiger partial charge in [0.05, 0.1) is 17.6 Å². The first-order chi connectivity index (χ1) is 14.2. The molecule has 2 heterocycles. The number of nitrogens with zero attached hydrogens (tertiary/aromatic N) is 1. The topological polar surface area (TPSA) is 81.7 Å². The predicted octanol–water partition coefficient (Wildman–Crippen LogP) is 4.55. The molecular formula is C20H20F3NO5S. The van der Waals surface area contributed by atoms with Gasteiger partial charge in [-0.1, -0.05) is 24.7 Å². The Balaban J connectivity index is 1.90. The smallest absolute Gasteiger partial charge is 0.417 e. The van der Waals surface area contributed by atoms with Gasteiger partial charge in [0.15, 0.2) is 0 Å². The van der Waals surface area contributed by atoms with Crippen molar-refractivity contribution in [3.05, 3.63) is 54.8 Å². The average molecular weight is 443 g/mol. The Kier molecular flexibility index (Phi) is 6.55. The van der Waals surface area contributed by atoms with Crippen molar-refractivity contribution < 1.29 is 27.4 Å². The van der Waals surface area contributed by atoms with Crippen LogP contribution in [-0.4, -0.2) is 16.3 Å². The largest absolute Gasteiger partial charge is 0.494 e. The van der Waals surface area contributed by atoms with Crippen LogP contribution in [0.5, 0.6) is 11.6 Å². The Morgan fingerprint density at radius 1 is 1.23 bits per heavy atom. The number of aryl methyl sites for hydroxylation is 1. The third-order valence-electron chi connectivity index (χ3n) is 4.60. The van der Waals surface area contributed by atoms with E-state index in [1.807, 2.05) is 6.92 Å². The van der Waals surface area contributed by atoms with Crippen LogP contribution >= 0.6 is 11.3 Å². The van der Waals surface area contributed by atoms with Crippen molar-refractivity contribution in [3.63, 3.8) is 0 Å². The summed E-state index contributed by atoms with van der Waals surface area (Å²) in [5, 5.41) is 10.8. The third kappa shape index (κ3) is 4.69. The lowest BCUT2D eigenvalue weighted by atomic mass is 10.0. The van der Waals surface area contributed by atoms with E-state index in [1.54, 1.807) is 0 Å². The van der Waals surface area contributed by atoms with Crippen molar-refractivity contribution >= 4 is 22.3 Å². The molecule has 0 atom stereocenters. The first-order valence-corrected chi connectivity index (χ1v) is 10.3. The molecule has 1 aromatic carbocycles. The van der Waals surface area contributed by atoms with Crippen LogP contribution < -0.4 is 15.2 Å².